The lowest BCUT2D eigenvalue weighted by molar-refractivity contribution is -0.148. The maximum atomic E-state index is 11.6. The van der Waals surface area contributed by atoms with Gasteiger partial charge in [0.2, 0.25) is 0 Å². The highest BCUT2D eigenvalue weighted by atomic mass is 16.5. The van der Waals surface area contributed by atoms with E-state index < -0.39 is 17.4 Å². The lowest BCUT2D eigenvalue weighted by Crippen LogP contribution is -2.44. The number of aliphatic carboxylic acids is 1. The fraction of sp³-hybridized carbons (Fsp3) is 0.583. The van der Waals surface area contributed by atoms with Crippen molar-refractivity contribution < 1.29 is 19.2 Å². The van der Waals surface area contributed by atoms with E-state index in [2.05, 4.69) is 20.3 Å². The number of carbonyl (C=O) groups excluding carboxylic acids is 1. The molecule has 1 aromatic rings. The highest BCUT2D eigenvalue weighted by Crippen LogP contribution is 2.37. The molecule has 1 heterocycles. The molecule has 0 spiro atoms. The number of carboxylic acids is 1. The first kappa shape index (κ1) is 13.4. The molecule has 0 saturated heterocycles. The molecule has 7 heteroatoms. The second-order valence-electron chi connectivity index (χ2n) is 4.82. The van der Waals surface area contributed by atoms with Gasteiger partial charge in [-0.15, -0.1) is 0 Å². The van der Waals surface area contributed by atoms with Crippen molar-refractivity contribution in [2.24, 2.45) is 5.41 Å². The highest BCUT2D eigenvalue weighted by molar-refractivity contribution is 5.78. The largest absolute Gasteiger partial charge is 0.481 e. The van der Waals surface area contributed by atoms with Crippen LogP contribution in [0.3, 0.4) is 0 Å². The van der Waals surface area contributed by atoms with Crippen molar-refractivity contribution >= 4 is 12.0 Å². The number of amides is 2. The zero-order chi connectivity index (χ0) is 13.7. The Balaban J connectivity index is 1.77. The molecule has 0 radical (unpaired) electrons. The summed E-state index contributed by atoms with van der Waals surface area (Å²) in [6.07, 6.45) is 4.45. The summed E-state index contributed by atoms with van der Waals surface area (Å²) >= 11 is 0. The van der Waals surface area contributed by atoms with Crippen molar-refractivity contribution in [3.05, 3.63) is 18.0 Å². The van der Waals surface area contributed by atoms with Gasteiger partial charge in [-0.2, -0.15) is 0 Å². The van der Waals surface area contributed by atoms with Gasteiger partial charge in [0.05, 0.1) is 12.0 Å². The topological polar surface area (TPSA) is 104 Å². The van der Waals surface area contributed by atoms with Gasteiger partial charge < -0.3 is 20.3 Å². The van der Waals surface area contributed by atoms with Gasteiger partial charge in [-0.25, -0.2) is 4.79 Å². The number of aromatic nitrogens is 1. The molecule has 3 N–H and O–H groups in total. The lowest BCUT2D eigenvalue weighted by Gasteiger charge is -2.23. The summed E-state index contributed by atoms with van der Waals surface area (Å²) in [5.41, 5.74) is -0.186. The van der Waals surface area contributed by atoms with Crippen LogP contribution in [0.1, 0.15) is 31.4 Å². The molecular formula is C12H17N3O4. The molecule has 0 aliphatic heterocycles. The number of urea groups is 1. The molecule has 1 aliphatic rings. The van der Waals surface area contributed by atoms with E-state index >= 15 is 0 Å². The zero-order valence-electron chi connectivity index (χ0n) is 10.5. The Hall–Kier alpha value is -2.05. The Morgan fingerprint density at radius 1 is 1.37 bits per heavy atom. The molecule has 0 atom stereocenters. The standard InChI is InChI=1S/C12H17N3O4/c16-10(17)12(4-1-2-5-12)8-14-11(18)13-7-9-3-6-19-15-9/h3,6H,1-2,4-5,7-8H2,(H,16,17)(H2,13,14,18). The molecule has 19 heavy (non-hydrogen) atoms. The van der Waals surface area contributed by atoms with E-state index in [-0.39, 0.29) is 13.1 Å². The molecule has 1 saturated carbocycles. The molecule has 1 aliphatic carbocycles. The van der Waals surface area contributed by atoms with Gasteiger partial charge in [0.15, 0.2) is 0 Å². The van der Waals surface area contributed by atoms with Gasteiger partial charge in [-0.1, -0.05) is 18.0 Å². The maximum absolute atomic E-state index is 11.6. The second kappa shape index (κ2) is 5.73. The predicted octanol–water partition coefficient (Wildman–Crippen LogP) is 1.12. The molecular weight excluding hydrogens is 250 g/mol. The number of nitrogens with one attached hydrogen (secondary N) is 2. The second-order valence-corrected chi connectivity index (χ2v) is 4.82. The van der Waals surface area contributed by atoms with E-state index in [0.29, 0.717) is 18.5 Å². The SMILES string of the molecule is O=C(NCc1ccon1)NCC1(C(=O)O)CCCC1. The van der Waals surface area contributed by atoms with E-state index in [0.717, 1.165) is 12.8 Å². The summed E-state index contributed by atoms with van der Waals surface area (Å²) < 4.78 is 4.64. The normalized spacial score (nSPS) is 17.1. The van der Waals surface area contributed by atoms with Crippen molar-refractivity contribution in [2.75, 3.05) is 6.54 Å². The minimum Gasteiger partial charge on any atom is -0.481 e. The Bertz CT molecular complexity index is 438. The summed E-state index contributed by atoms with van der Waals surface area (Å²) in [6, 6.07) is 1.26. The lowest BCUT2D eigenvalue weighted by atomic mass is 9.86. The third kappa shape index (κ3) is 3.24. The van der Waals surface area contributed by atoms with Gasteiger partial charge in [0, 0.05) is 12.6 Å². The summed E-state index contributed by atoms with van der Waals surface area (Å²) in [5, 5.41) is 18.1. The highest BCUT2D eigenvalue weighted by Gasteiger charge is 2.41. The fourth-order valence-electron chi connectivity index (χ4n) is 2.33. The van der Waals surface area contributed by atoms with Crippen molar-refractivity contribution in [2.45, 2.75) is 32.2 Å². The van der Waals surface area contributed by atoms with Crippen LogP contribution in [-0.2, 0) is 11.3 Å². The van der Waals surface area contributed by atoms with E-state index in [1.807, 2.05) is 0 Å². The molecule has 1 aromatic heterocycles. The third-order valence-electron chi connectivity index (χ3n) is 3.52. The smallest absolute Gasteiger partial charge is 0.315 e. The van der Waals surface area contributed by atoms with Crippen molar-refractivity contribution in [1.82, 2.24) is 15.8 Å². The molecule has 2 amide bonds. The van der Waals surface area contributed by atoms with Crippen LogP contribution in [0.4, 0.5) is 4.79 Å². The van der Waals surface area contributed by atoms with Gasteiger partial charge in [-0.3, -0.25) is 4.79 Å². The predicted molar refractivity (Wildman–Crippen MR) is 65.3 cm³/mol. The first-order valence-corrected chi connectivity index (χ1v) is 6.27. The van der Waals surface area contributed by atoms with Crippen LogP contribution in [0.2, 0.25) is 0 Å². The average molecular weight is 267 g/mol. The van der Waals surface area contributed by atoms with Crippen LogP contribution in [0.5, 0.6) is 0 Å². The average Bonchev–Trinajstić information content (AvgIpc) is 3.05. The molecule has 104 valence electrons. The van der Waals surface area contributed by atoms with E-state index in [1.54, 1.807) is 6.07 Å². The molecule has 2 rings (SSSR count). The number of hydrogen-bond donors (Lipinski definition) is 3. The van der Waals surface area contributed by atoms with E-state index in [4.69, 9.17) is 0 Å². The fourth-order valence-corrected chi connectivity index (χ4v) is 2.33. The first-order valence-electron chi connectivity index (χ1n) is 6.27. The number of nitrogens with zero attached hydrogens (tertiary/aromatic N) is 1. The number of carboxylic acid groups (broad SMARTS) is 1. The van der Waals surface area contributed by atoms with Gasteiger partial charge in [0.1, 0.15) is 12.0 Å². The minimum atomic E-state index is -0.832. The third-order valence-corrected chi connectivity index (χ3v) is 3.52. The summed E-state index contributed by atoms with van der Waals surface area (Å²) in [4.78, 5) is 22.9. The molecule has 7 nitrogen and oxygen atoms in total. The van der Waals surface area contributed by atoms with Crippen molar-refractivity contribution in [3.63, 3.8) is 0 Å². The number of rotatable bonds is 5. The Morgan fingerprint density at radius 2 is 2.11 bits per heavy atom. The molecule has 1 fully saturated rings. The van der Waals surface area contributed by atoms with Gasteiger partial charge >= 0.3 is 12.0 Å². The van der Waals surface area contributed by atoms with Crippen LogP contribution in [-0.4, -0.2) is 28.8 Å². The van der Waals surface area contributed by atoms with Crippen LogP contribution in [0, 0.1) is 5.41 Å². The molecule has 0 aromatic carbocycles. The van der Waals surface area contributed by atoms with Crippen LogP contribution in [0.25, 0.3) is 0 Å². The monoisotopic (exact) mass is 267 g/mol. The van der Waals surface area contributed by atoms with E-state index in [9.17, 15) is 14.7 Å². The van der Waals surface area contributed by atoms with Crippen molar-refractivity contribution in [3.8, 4) is 0 Å². The summed E-state index contributed by atoms with van der Waals surface area (Å²) in [5.74, 6) is -0.832. The Kier molecular flexibility index (Phi) is 4.03. The number of carbonyl (C=O) groups is 2. The zero-order valence-corrected chi connectivity index (χ0v) is 10.5. The summed E-state index contributed by atoms with van der Waals surface area (Å²) in [6.45, 7) is 0.412. The van der Waals surface area contributed by atoms with E-state index in [1.165, 1.54) is 6.26 Å². The van der Waals surface area contributed by atoms with Gasteiger partial charge in [-0.05, 0) is 12.8 Å². The van der Waals surface area contributed by atoms with Crippen LogP contribution < -0.4 is 10.6 Å². The first-order chi connectivity index (χ1) is 9.12. The Morgan fingerprint density at radius 3 is 2.68 bits per heavy atom. The van der Waals surface area contributed by atoms with Crippen molar-refractivity contribution in [1.29, 1.82) is 0 Å². The minimum absolute atomic E-state index is 0.160. The van der Waals surface area contributed by atoms with Crippen LogP contribution >= 0.6 is 0 Å². The van der Waals surface area contributed by atoms with Gasteiger partial charge in [0.25, 0.3) is 0 Å². The molecule has 0 unspecified atom stereocenters. The Labute approximate surface area is 110 Å². The maximum Gasteiger partial charge on any atom is 0.315 e. The number of hydrogen-bond acceptors (Lipinski definition) is 4. The summed E-state index contributed by atoms with van der Waals surface area (Å²) in [7, 11) is 0. The molecule has 0 bridgehead atoms. The quantitative estimate of drug-likeness (QED) is 0.741. The van der Waals surface area contributed by atoms with Crippen LogP contribution in [0.15, 0.2) is 16.9 Å².